The van der Waals surface area contributed by atoms with Gasteiger partial charge in [-0.3, -0.25) is 9.78 Å². The highest BCUT2D eigenvalue weighted by Gasteiger charge is 2.09. The lowest BCUT2D eigenvalue weighted by molar-refractivity contribution is -0.113. The molecule has 0 radical (unpaired) electrons. The fourth-order valence-electron chi connectivity index (χ4n) is 2.42. The number of rotatable bonds is 4. The van der Waals surface area contributed by atoms with E-state index >= 15 is 0 Å². The molecule has 1 N–H and O–H groups in total. The molecule has 0 aliphatic rings. The van der Waals surface area contributed by atoms with Gasteiger partial charge in [-0.05, 0) is 24.3 Å². The quantitative estimate of drug-likeness (QED) is 0.547. The first kappa shape index (κ1) is 15.1. The molecule has 0 aliphatic heterocycles. The van der Waals surface area contributed by atoms with Crippen LogP contribution in [0, 0.1) is 0 Å². The van der Waals surface area contributed by atoms with Crippen LogP contribution in [0.2, 0.25) is 0 Å². The summed E-state index contributed by atoms with van der Waals surface area (Å²) < 4.78 is 1.07. The maximum atomic E-state index is 12.2. The Morgan fingerprint density at radius 3 is 2.88 bits per heavy atom. The molecule has 4 aromatic rings. The number of fused-ring (bicyclic) bond motifs is 2. The lowest BCUT2D eigenvalue weighted by Gasteiger charge is -2.05. The number of aromatic nitrogens is 2. The van der Waals surface area contributed by atoms with Crippen molar-refractivity contribution in [1.29, 1.82) is 0 Å². The van der Waals surface area contributed by atoms with Gasteiger partial charge >= 0.3 is 0 Å². The number of hydrogen-bond donors (Lipinski definition) is 1. The summed E-state index contributed by atoms with van der Waals surface area (Å²) in [5.41, 5.74) is 1.83. The van der Waals surface area contributed by atoms with Gasteiger partial charge in [0.05, 0.1) is 21.5 Å². The molecule has 0 aliphatic carbocycles. The smallest absolute Gasteiger partial charge is 0.236 e. The number of benzene rings is 2. The van der Waals surface area contributed by atoms with Gasteiger partial charge in [0, 0.05) is 16.5 Å². The van der Waals surface area contributed by atoms with Crippen LogP contribution in [-0.4, -0.2) is 21.6 Å². The second kappa shape index (κ2) is 6.59. The number of thiazole rings is 1. The van der Waals surface area contributed by atoms with Crippen LogP contribution in [0.3, 0.4) is 0 Å². The standard InChI is InChI=1S/C18H13N3OS2/c22-16(21-18-20-13-7-1-2-8-14(13)24-18)11-23-15-9-3-5-12-6-4-10-19-17(12)15/h1-10H,11H2,(H,20,21,22). The van der Waals surface area contributed by atoms with Gasteiger partial charge in [-0.2, -0.15) is 0 Å². The molecule has 0 atom stereocenters. The molecule has 1 amide bonds. The van der Waals surface area contributed by atoms with Gasteiger partial charge in [-0.15, -0.1) is 11.8 Å². The Kier molecular flexibility index (Phi) is 4.15. The molecule has 2 aromatic heterocycles. The Bertz CT molecular complexity index is 991. The van der Waals surface area contributed by atoms with Crippen LogP contribution in [0.1, 0.15) is 0 Å². The highest BCUT2D eigenvalue weighted by Crippen LogP contribution is 2.28. The number of carbonyl (C=O) groups is 1. The van der Waals surface area contributed by atoms with E-state index in [1.165, 1.54) is 23.1 Å². The molecule has 2 aromatic carbocycles. The Labute approximate surface area is 146 Å². The predicted octanol–water partition coefficient (Wildman–Crippen LogP) is 4.58. The average molecular weight is 351 g/mol. The van der Waals surface area contributed by atoms with E-state index in [2.05, 4.69) is 15.3 Å². The lowest BCUT2D eigenvalue weighted by Crippen LogP contribution is -2.13. The molecule has 2 heterocycles. The van der Waals surface area contributed by atoms with Crippen molar-refractivity contribution in [3.63, 3.8) is 0 Å². The predicted molar refractivity (Wildman–Crippen MR) is 101 cm³/mol. The Morgan fingerprint density at radius 1 is 1.08 bits per heavy atom. The van der Waals surface area contributed by atoms with Gasteiger partial charge in [0.15, 0.2) is 5.13 Å². The molecule has 0 saturated carbocycles. The van der Waals surface area contributed by atoms with E-state index in [0.717, 1.165) is 26.0 Å². The summed E-state index contributed by atoms with van der Waals surface area (Å²) >= 11 is 2.97. The first-order valence-corrected chi connectivity index (χ1v) is 9.22. The number of hydrogen-bond acceptors (Lipinski definition) is 5. The van der Waals surface area contributed by atoms with Crippen LogP contribution in [0.25, 0.3) is 21.1 Å². The molecule has 0 fully saturated rings. The fraction of sp³-hybridized carbons (Fsp3) is 0.0556. The van der Waals surface area contributed by atoms with E-state index in [1.54, 1.807) is 6.20 Å². The van der Waals surface area contributed by atoms with Crippen molar-refractivity contribution in [2.75, 3.05) is 11.1 Å². The largest absolute Gasteiger partial charge is 0.301 e. The van der Waals surface area contributed by atoms with Gasteiger partial charge in [0.2, 0.25) is 5.91 Å². The molecule has 4 rings (SSSR count). The number of para-hydroxylation sites is 2. The first-order chi connectivity index (χ1) is 11.8. The van der Waals surface area contributed by atoms with E-state index in [0.29, 0.717) is 10.9 Å². The average Bonchev–Trinajstić information content (AvgIpc) is 3.02. The van der Waals surface area contributed by atoms with Crippen molar-refractivity contribution < 1.29 is 4.79 Å². The second-order valence-electron chi connectivity index (χ2n) is 5.15. The zero-order chi connectivity index (χ0) is 16.4. The molecule has 24 heavy (non-hydrogen) atoms. The van der Waals surface area contributed by atoms with E-state index in [-0.39, 0.29) is 5.91 Å². The van der Waals surface area contributed by atoms with E-state index in [9.17, 15) is 4.79 Å². The highest BCUT2D eigenvalue weighted by atomic mass is 32.2. The minimum atomic E-state index is -0.0630. The van der Waals surface area contributed by atoms with E-state index in [4.69, 9.17) is 0 Å². The molecule has 0 spiro atoms. The van der Waals surface area contributed by atoms with Gasteiger partial charge in [0.1, 0.15) is 0 Å². The highest BCUT2D eigenvalue weighted by molar-refractivity contribution is 8.00. The maximum Gasteiger partial charge on any atom is 0.236 e. The monoisotopic (exact) mass is 351 g/mol. The van der Waals surface area contributed by atoms with Crippen molar-refractivity contribution in [3.05, 3.63) is 60.8 Å². The summed E-state index contributed by atoms with van der Waals surface area (Å²) in [5.74, 6) is 0.262. The number of amides is 1. The fourth-order valence-corrected chi connectivity index (χ4v) is 4.14. The molecule has 4 nitrogen and oxygen atoms in total. The summed E-state index contributed by atoms with van der Waals surface area (Å²) in [4.78, 5) is 22.1. The topological polar surface area (TPSA) is 54.9 Å². The molecular formula is C18H13N3OS2. The number of carbonyl (C=O) groups excluding carboxylic acids is 1. The SMILES string of the molecule is O=C(CSc1cccc2cccnc12)Nc1nc2ccccc2s1. The van der Waals surface area contributed by atoms with Gasteiger partial charge in [-0.1, -0.05) is 41.7 Å². The van der Waals surface area contributed by atoms with Crippen molar-refractivity contribution in [2.24, 2.45) is 0 Å². The van der Waals surface area contributed by atoms with Crippen LogP contribution in [0.4, 0.5) is 5.13 Å². The second-order valence-corrected chi connectivity index (χ2v) is 7.20. The molecule has 0 bridgehead atoms. The van der Waals surface area contributed by atoms with Crippen molar-refractivity contribution in [3.8, 4) is 0 Å². The van der Waals surface area contributed by atoms with Crippen LogP contribution in [-0.2, 0) is 4.79 Å². The van der Waals surface area contributed by atoms with Crippen molar-refractivity contribution >= 4 is 55.3 Å². The summed E-state index contributed by atoms with van der Waals surface area (Å²) in [7, 11) is 0. The molecular weight excluding hydrogens is 338 g/mol. The molecule has 0 saturated heterocycles. The maximum absolute atomic E-state index is 12.2. The van der Waals surface area contributed by atoms with E-state index < -0.39 is 0 Å². The van der Waals surface area contributed by atoms with Crippen LogP contribution < -0.4 is 5.32 Å². The number of anilines is 1. The normalized spacial score (nSPS) is 11.0. The third-order valence-electron chi connectivity index (χ3n) is 3.49. The molecule has 0 unspecified atom stereocenters. The third-order valence-corrected chi connectivity index (χ3v) is 5.49. The van der Waals surface area contributed by atoms with Gasteiger partial charge in [-0.25, -0.2) is 4.98 Å². The minimum Gasteiger partial charge on any atom is -0.301 e. The van der Waals surface area contributed by atoms with Crippen molar-refractivity contribution in [1.82, 2.24) is 9.97 Å². The zero-order valence-electron chi connectivity index (χ0n) is 12.6. The van der Waals surface area contributed by atoms with Crippen LogP contribution >= 0.6 is 23.1 Å². The summed E-state index contributed by atoms with van der Waals surface area (Å²) in [6.07, 6.45) is 1.77. The van der Waals surface area contributed by atoms with Crippen LogP contribution in [0.15, 0.2) is 65.7 Å². The minimum absolute atomic E-state index is 0.0630. The van der Waals surface area contributed by atoms with Crippen LogP contribution in [0.5, 0.6) is 0 Å². The zero-order valence-corrected chi connectivity index (χ0v) is 14.2. The molecule has 118 valence electrons. The summed E-state index contributed by atoms with van der Waals surface area (Å²) in [6, 6.07) is 17.8. The number of pyridine rings is 1. The van der Waals surface area contributed by atoms with E-state index in [1.807, 2.05) is 54.6 Å². The lowest BCUT2D eigenvalue weighted by atomic mass is 10.2. The van der Waals surface area contributed by atoms with Gasteiger partial charge < -0.3 is 5.32 Å². The summed E-state index contributed by atoms with van der Waals surface area (Å²) in [6.45, 7) is 0. The van der Waals surface area contributed by atoms with Gasteiger partial charge in [0.25, 0.3) is 0 Å². The number of thioether (sulfide) groups is 1. The third kappa shape index (κ3) is 3.11. The van der Waals surface area contributed by atoms with Crippen molar-refractivity contribution in [2.45, 2.75) is 4.90 Å². The number of nitrogens with one attached hydrogen (secondary N) is 1. The Balaban J connectivity index is 1.46. The molecule has 6 heteroatoms. The number of nitrogens with zero attached hydrogens (tertiary/aromatic N) is 2. The summed E-state index contributed by atoms with van der Waals surface area (Å²) in [5, 5.41) is 4.59. The Morgan fingerprint density at radius 2 is 1.96 bits per heavy atom. The first-order valence-electron chi connectivity index (χ1n) is 7.41. The Hall–Kier alpha value is -2.44.